The van der Waals surface area contributed by atoms with Crippen molar-refractivity contribution in [2.75, 3.05) is 58.8 Å². The molecule has 2 N–H and O–H groups in total. The van der Waals surface area contributed by atoms with Gasteiger partial charge in [-0.05, 0) is 37.6 Å². The van der Waals surface area contributed by atoms with Crippen LogP contribution in [-0.2, 0) is 9.59 Å². The van der Waals surface area contributed by atoms with Gasteiger partial charge in [-0.25, -0.2) is 0 Å². The molecule has 2 aliphatic rings. The van der Waals surface area contributed by atoms with Crippen molar-refractivity contribution in [3.63, 3.8) is 0 Å². The van der Waals surface area contributed by atoms with Crippen molar-refractivity contribution in [2.45, 2.75) is 44.2 Å². The number of likely N-dealkylation sites (N-methyl/N-ethyl adjacent to an activating group) is 1. The lowest BCUT2D eigenvalue weighted by molar-refractivity contribution is -0.139. The number of piperazine rings is 1. The molecular formula is C23H37N5O2. The van der Waals surface area contributed by atoms with Crippen LogP contribution in [-0.4, -0.2) is 81.5 Å². The van der Waals surface area contributed by atoms with Crippen LogP contribution < -0.4 is 15.5 Å². The summed E-state index contributed by atoms with van der Waals surface area (Å²) in [5.74, 6) is -1.02. The highest BCUT2D eigenvalue weighted by Crippen LogP contribution is 2.24. The SMILES string of the molecule is CN1CCN([C@@H](CNC(=O)C(=O)NC2CCCCC2)c2ccc(N(C)C)cc2)CC1. The van der Waals surface area contributed by atoms with Crippen molar-refractivity contribution >= 4 is 17.5 Å². The molecule has 1 heterocycles. The van der Waals surface area contributed by atoms with E-state index >= 15 is 0 Å². The minimum absolute atomic E-state index is 0.0568. The molecule has 7 nitrogen and oxygen atoms in total. The molecule has 1 aromatic carbocycles. The summed E-state index contributed by atoms with van der Waals surface area (Å²) in [6, 6.07) is 8.68. The van der Waals surface area contributed by atoms with Gasteiger partial charge in [0.05, 0.1) is 6.04 Å². The monoisotopic (exact) mass is 415 g/mol. The van der Waals surface area contributed by atoms with Crippen molar-refractivity contribution in [2.24, 2.45) is 0 Å². The molecular weight excluding hydrogens is 378 g/mol. The Kier molecular flexibility index (Phi) is 8.10. The van der Waals surface area contributed by atoms with Crippen molar-refractivity contribution in [3.05, 3.63) is 29.8 Å². The Hall–Kier alpha value is -2.12. The number of hydrogen-bond donors (Lipinski definition) is 2. The van der Waals surface area contributed by atoms with E-state index in [2.05, 4.69) is 56.6 Å². The molecule has 2 fully saturated rings. The first-order valence-electron chi connectivity index (χ1n) is 11.2. The first-order valence-corrected chi connectivity index (χ1v) is 11.2. The fraction of sp³-hybridized carbons (Fsp3) is 0.652. The van der Waals surface area contributed by atoms with Gasteiger partial charge in [0, 0.05) is 58.5 Å². The zero-order valence-electron chi connectivity index (χ0n) is 18.7. The zero-order chi connectivity index (χ0) is 21.5. The van der Waals surface area contributed by atoms with Gasteiger partial charge in [-0.3, -0.25) is 14.5 Å². The summed E-state index contributed by atoms with van der Waals surface area (Å²) in [5, 5.41) is 5.81. The summed E-state index contributed by atoms with van der Waals surface area (Å²) < 4.78 is 0. The summed E-state index contributed by atoms with van der Waals surface area (Å²) in [6.07, 6.45) is 5.42. The van der Waals surface area contributed by atoms with Gasteiger partial charge in [0.15, 0.2) is 0 Å². The molecule has 1 aliphatic heterocycles. The van der Waals surface area contributed by atoms with Gasteiger partial charge >= 0.3 is 11.8 Å². The van der Waals surface area contributed by atoms with Crippen molar-refractivity contribution in [3.8, 4) is 0 Å². The van der Waals surface area contributed by atoms with Crippen LogP contribution in [0.25, 0.3) is 0 Å². The number of anilines is 1. The summed E-state index contributed by atoms with van der Waals surface area (Å²) in [5.41, 5.74) is 2.31. The summed E-state index contributed by atoms with van der Waals surface area (Å²) >= 11 is 0. The molecule has 0 spiro atoms. The minimum Gasteiger partial charge on any atom is -0.378 e. The molecule has 1 saturated carbocycles. The molecule has 0 bridgehead atoms. The molecule has 3 rings (SSSR count). The molecule has 30 heavy (non-hydrogen) atoms. The highest BCUT2D eigenvalue weighted by atomic mass is 16.2. The maximum absolute atomic E-state index is 12.5. The first kappa shape index (κ1) is 22.6. The Morgan fingerprint density at radius 3 is 2.23 bits per heavy atom. The fourth-order valence-corrected chi connectivity index (χ4v) is 4.35. The fourth-order valence-electron chi connectivity index (χ4n) is 4.35. The van der Waals surface area contributed by atoms with Crippen LogP contribution >= 0.6 is 0 Å². The van der Waals surface area contributed by atoms with Gasteiger partial charge in [0.1, 0.15) is 0 Å². The van der Waals surface area contributed by atoms with Gasteiger partial charge < -0.3 is 20.4 Å². The summed E-state index contributed by atoms with van der Waals surface area (Å²) in [6.45, 7) is 4.33. The predicted molar refractivity (Wildman–Crippen MR) is 121 cm³/mol. The van der Waals surface area contributed by atoms with Crippen LogP contribution in [0.3, 0.4) is 0 Å². The lowest BCUT2D eigenvalue weighted by Gasteiger charge is -2.38. The molecule has 7 heteroatoms. The maximum atomic E-state index is 12.5. The molecule has 1 aliphatic carbocycles. The van der Waals surface area contributed by atoms with Crippen molar-refractivity contribution in [1.29, 1.82) is 0 Å². The number of hydrogen-bond acceptors (Lipinski definition) is 5. The average molecular weight is 416 g/mol. The second-order valence-corrected chi connectivity index (χ2v) is 8.86. The van der Waals surface area contributed by atoms with Crippen LogP contribution in [0.2, 0.25) is 0 Å². The van der Waals surface area contributed by atoms with E-state index in [1.165, 1.54) is 6.42 Å². The Labute approximate surface area is 180 Å². The van der Waals surface area contributed by atoms with E-state index in [1.54, 1.807) is 0 Å². The second kappa shape index (κ2) is 10.8. The number of nitrogens with one attached hydrogen (secondary N) is 2. The van der Waals surface area contributed by atoms with E-state index in [0.29, 0.717) is 6.54 Å². The van der Waals surface area contributed by atoms with E-state index < -0.39 is 11.8 Å². The number of benzene rings is 1. The predicted octanol–water partition coefficient (Wildman–Crippen LogP) is 1.61. The zero-order valence-corrected chi connectivity index (χ0v) is 18.7. The average Bonchev–Trinajstić information content (AvgIpc) is 2.76. The van der Waals surface area contributed by atoms with Crippen LogP contribution in [0.1, 0.15) is 43.7 Å². The molecule has 1 aromatic rings. The van der Waals surface area contributed by atoms with Gasteiger partial charge in [-0.1, -0.05) is 31.4 Å². The summed E-state index contributed by atoms with van der Waals surface area (Å²) in [4.78, 5) is 31.6. The van der Waals surface area contributed by atoms with E-state index in [-0.39, 0.29) is 12.1 Å². The topological polar surface area (TPSA) is 67.9 Å². The van der Waals surface area contributed by atoms with E-state index in [4.69, 9.17) is 0 Å². The lowest BCUT2D eigenvalue weighted by Crippen LogP contribution is -2.50. The Morgan fingerprint density at radius 2 is 1.63 bits per heavy atom. The van der Waals surface area contributed by atoms with E-state index in [0.717, 1.165) is 63.1 Å². The van der Waals surface area contributed by atoms with Crippen LogP contribution in [0.5, 0.6) is 0 Å². The van der Waals surface area contributed by atoms with Crippen molar-refractivity contribution < 1.29 is 9.59 Å². The molecule has 0 radical (unpaired) electrons. The van der Waals surface area contributed by atoms with Crippen LogP contribution in [0, 0.1) is 0 Å². The molecule has 1 saturated heterocycles. The number of nitrogens with zero attached hydrogens (tertiary/aromatic N) is 3. The number of amides is 2. The number of rotatable bonds is 6. The van der Waals surface area contributed by atoms with Gasteiger partial charge in [-0.2, -0.15) is 0 Å². The normalized spacial score (nSPS) is 19.8. The molecule has 2 amide bonds. The van der Waals surface area contributed by atoms with Gasteiger partial charge in [-0.15, -0.1) is 0 Å². The molecule has 166 valence electrons. The highest BCUT2D eigenvalue weighted by molar-refractivity contribution is 6.35. The highest BCUT2D eigenvalue weighted by Gasteiger charge is 2.26. The Bertz CT molecular complexity index is 692. The van der Waals surface area contributed by atoms with E-state index in [1.807, 2.05) is 14.1 Å². The van der Waals surface area contributed by atoms with Crippen LogP contribution in [0.15, 0.2) is 24.3 Å². The van der Waals surface area contributed by atoms with Crippen LogP contribution in [0.4, 0.5) is 5.69 Å². The minimum atomic E-state index is -0.524. The molecule has 0 unspecified atom stereocenters. The maximum Gasteiger partial charge on any atom is 0.309 e. The third-order valence-electron chi connectivity index (χ3n) is 6.38. The molecule has 0 aromatic heterocycles. The van der Waals surface area contributed by atoms with Gasteiger partial charge in [0.2, 0.25) is 0 Å². The Balaban J connectivity index is 1.62. The second-order valence-electron chi connectivity index (χ2n) is 8.86. The lowest BCUT2D eigenvalue weighted by atomic mass is 9.95. The Morgan fingerprint density at radius 1 is 1.00 bits per heavy atom. The molecule has 1 atom stereocenters. The quantitative estimate of drug-likeness (QED) is 0.691. The third kappa shape index (κ3) is 6.19. The largest absolute Gasteiger partial charge is 0.378 e. The smallest absolute Gasteiger partial charge is 0.309 e. The number of carbonyl (C=O) groups is 2. The van der Waals surface area contributed by atoms with Gasteiger partial charge in [0.25, 0.3) is 0 Å². The third-order valence-corrected chi connectivity index (χ3v) is 6.38. The van der Waals surface area contributed by atoms with Crippen molar-refractivity contribution in [1.82, 2.24) is 20.4 Å². The summed E-state index contributed by atoms with van der Waals surface area (Å²) in [7, 11) is 6.19. The first-order chi connectivity index (χ1) is 14.4. The number of carbonyl (C=O) groups excluding carboxylic acids is 2. The standard InChI is InChI=1S/C23H37N5O2/c1-26(2)20-11-9-18(10-12-20)21(28-15-13-27(3)14-16-28)17-24-22(29)23(30)25-19-7-5-4-6-8-19/h9-12,19,21H,4-8,13-17H2,1-3H3,(H,24,29)(H,25,30)/t21-/m0/s1. The van der Waals surface area contributed by atoms with E-state index in [9.17, 15) is 9.59 Å².